The van der Waals surface area contributed by atoms with Gasteiger partial charge in [-0.2, -0.15) is 0 Å². The summed E-state index contributed by atoms with van der Waals surface area (Å²) in [5.41, 5.74) is 2.72. The Morgan fingerprint density at radius 1 is 0.600 bits per heavy atom. The van der Waals surface area contributed by atoms with Crippen LogP contribution in [0, 0.1) is 0 Å². The van der Waals surface area contributed by atoms with Gasteiger partial charge in [-0.25, -0.2) is 0 Å². The lowest BCUT2D eigenvalue weighted by Crippen LogP contribution is -2.31. The Morgan fingerprint density at radius 3 is 1.47 bits per heavy atom. The molecule has 0 atom stereocenters. The van der Waals surface area contributed by atoms with Crippen LogP contribution in [0.3, 0.4) is 0 Å². The van der Waals surface area contributed by atoms with Gasteiger partial charge in [-0.15, -0.1) is 0 Å². The van der Waals surface area contributed by atoms with Gasteiger partial charge in [0, 0.05) is 39.3 Å². The Balaban J connectivity index is 1.97. The molecule has 3 heteroatoms. The molecule has 0 aliphatic carbocycles. The van der Waals surface area contributed by atoms with Crippen LogP contribution in [-0.4, -0.2) is 26.2 Å². The van der Waals surface area contributed by atoms with E-state index in [-0.39, 0.29) is 0 Å². The van der Waals surface area contributed by atoms with E-state index in [0.29, 0.717) is 0 Å². The van der Waals surface area contributed by atoms with Gasteiger partial charge in [0.25, 0.3) is 0 Å². The standard InChI is InChI=1S/C12H19N3/c1-2-12-4-3-11(1)9-14-7-5-13-6-8-15-10-12/h1-4,13-15H,5-10H2. The van der Waals surface area contributed by atoms with Crippen molar-refractivity contribution in [2.24, 2.45) is 0 Å². The lowest BCUT2D eigenvalue weighted by atomic mass is 10.1. The maximum Gasteiger partial charge on any atom is 0.0206 e. The van der Waals surface area contributed by atoms with Crippen molar-refractivity contribution in [3.05, 3.63) is 35.4 Å². The van der Waals surface area contributed by atoms with Crippen molar-refractivity contribution in [2.75, 3.05) is 26.2 Å². The van der Waals surface area contributed by atoms with Gasteiger partial charge >= 0.3 is 0 Å². The van der Waals surface area contributed by atoms with Crippen molar-refractivity contribution in [3.63, 3.8) is 0 Å². The molecule has 1 aromatic rings. The number of benzene rings is 1. The van der Waals surface area contributed by atoms with Gasteiger partial charge in [0.05, 0.1) is 0 Å². The summed E-state index contributed by atoms with van der Waals surface area (Å²) in [6, 6.07) is 8.81. The molecule has 2 aliphatic heterocycles. The van der Waals surface area contributed by atoms with E-state index >= 15 is 0 Å². The summed E-state index contributed by atoms with van der Waals surface area (Å²) in [5.74, 6) is 0. The summed E-state index contributed by atoms with van der Waals surface area (Å²) < 4.78 is 0. The van der Waals surface area contributed by atoms with Crippen LogP contribution in [0.4, 0.5) is 0 Å². The van der Waals surface area contributed by atoms with E-state index in [2.05, 4.69) is 40.2 Å². The van der Waals surface area contributed by atoms with E-state index in [0.717, 1.165) is 39.3 Å². The van der Waals surface area contributed by atoms with Gasteiger partial charge in [0.1, 0.15) is 0 Å². The maximum atomic E-state index is 3.42. The van der Waals surface area contributed by atoms with Crippen LogP contribution in [0.25, 0.3) is 0 Å². The molecule has 0 unspecified atom stereocenters. The molecule has 1 aromatic carbocycles. The first-order chi connectivity index (χ1) is 7.45. The summed E-state index contributed by atoms with van der Waals surface area (Å²) in [6.45, 7) is 6.08. The molecule has 0 amide bonds. The van der Waals surface area contributed by atoms with Crippen LogP contribution in [0.5, 0.6) is 0 Å². The minimum atomic E-state index is 0.968. The third-order valence-corrected chi connectivity index (χ3v) is 2.64. The van der Waals surface area contributed by atoms with E-state index in [1.165, 1.54) is 11.1 Å². The number of fused-ring (bicyclic) bond motifs is 10. The zero-order valence-corrected chi connectivity index (χ0v) is 9.05. The topological polar surface area (TPSA) is 36.1 Å². The number of hydrogen-bond donors (Lipinski definition) is 3. The second-order valence-corrected chi connectivity index (χ2v) is 3.92. The molecule has 0 saturated heterocycles. The number of hydrogen-bond acceptors (Lipinski definition) is 3. The van der Waals surface area contributed by atoms with Crippen molar-refractivity contribution in [2.45, 2.75) is 13.1 Å². The van der Waals surface area contributed by atoms with Crippen LogP contribution in [0.15, 0.2) is 24.3 Å². The van der Waals surface area contributed by atoms with Gasteiger partial charge in [0.15, 0.2) is 0 Å². The van der Waals surface area contributed by atoms with Crippen molar-refractivity contribution in [3.8, 4) is 0 Å². The molecule has 15 heavy (non-hydrogen) atoms. The Kier molecular flexibility index (Phi) is 4.14. The molecule has 3 N–H and O–H groups in total. The molecular weight excluding hydrogens is 186 g/mol. The first-order valence-corrected chi connectivity index (χ1v) is 5.65. The maximum absolute atomic E-state index is 3.42. The largest absolute Gasteiger partial charge is 0.314 e. The van der Waals surface area contributed by atoms with E-state index in [1.54, 1.807) is 0 Å². The average Bonchev–Trinajstić information content (AvgIpc) is 2.31. The Labute approximate surface area is 91.3 Å². The van der Waals surface area contributed by atoms with E-state index in [1.807, 2.05) is 0 Å². The van der Waals surface area contributed by atoms with Gasteiger partial charge in [-0.3, -0.25) is 0 Å². The highest BCUT2D eigenvalue weighted by molar-refractivity contribution is 5.22. The zero-order chi connectivity index (χ0) is 10.3. The summed E-state index contributed by atoms with van der Waals surface area (Å²) in [4.78, 5) is 0. The Hall–Kier alpha value is -0.900. The fourth-order valence-corrected chi connectivity index (χ4v) is 1.72. The predicted molar refractivity (Wildman–Crippen MR) is 62.7 cm³/mol. The van der Waals surface area contributed by atoms with Crippen molar-refractivity contribution in [1.82, 2.24) is 16.0 Å². The molecule has 3 nitrogen and oxygen atoms in total. The lowest BCUT2D eigenvalue weighted by Gasteiger charge is -2.05. The summed E-state index contributed by atoms with van der Waals surface area (Å²) >= 11 is 0. The summed E-state index contributed by atoms with van der Waals surface area (Å²) in [7, 11) is 0. The summed E-state index contributed by atoms with van der Waals surface area (Å²) in [5, 5.41) is 10.2. The fraction of sp³-hybridized carbons (Fsp3) is 0.500. The highest BCUT2D eigenvalue weighted by Gasteiger charge is 1.97. The second-order valence-electron chi connectivity index (χ2n) is 3.92. The van der Waals surface area contributed by atoms with Gasteiger partial charge in [0.2, 0.25) is 0 Å². The lowest BCUT2D eigenvalue weighted by molar-refractivity contribution is 0.583. The third kappa shape index (κ3) is 3.63. The molecule has 2 bridgehead atoms. The van der Waals surface area contributed by atoms with Gasteiger partial charge < -0.3 is 16.0 Å². The van der Waals surface area contributed by atoms with Crippen LogP contribution in [0.1, 0.15) is 11.1 Å². The van der Waals surface area contributed by atoms with Crippen molar-refractivity contribution >= 4 is 0 Å². The molecule has 82 valence electrons. The van der Waals surface area contributed by atoms with E-state index < -0.39 is 0 Å². The van der Waals surface area contributed by atoms with Crippen LogP contribution < -0.4 is 16.0 Å². The monoisotopic (exact) mass is 205 g/mol. The molecule has 0 spiro atoms. The highest BCUT2D eigenvalue weighted by Crippen LogP contribution is 2.03. The van der Waals surface area contributed by atoms with E-state index in [4.69, 9.17) is 0 Å². The number of rotatable bonds is 0. The van der Waals surface area contributed by atoms with Crippen LogP contribution in [-0.2, 0) is 13.1 Å². The zero-order valence-electron chi connectivity index (χ0n) is 9.05. The first kappa shape index (κ1) is 10.6. The minimum absolute atomic E-state index is 0.968. The Bertz CT molecular complexity index is 252. The normalized spacial score (nSPS) is 18.9. The molecule has 3 rings (SSSR count). The van der Waals surface area contributed by atoms with Crippen molar-refractivity contribution < 1.29 is 0 Å². The first-order valence-electron chi connectivity index (χ1n) is 5.65. The van der Waals surface area contributed by atoms with Crippen LogP contribution in [0.2, 0.25) is 0 Å². The second kappa shape index (κ2) is 5.85. The molecule has 0 radical (unpaired) electrons. The van der Waals surface area contributed by atoms with Gasteiger partial charge in [-0.05, 0) is 11.1 Å². The number of nitrogens with one attached hydrogen (secondary N) is 3. The minimum Gasteiger partial charge on any atom is -0.314 e. The van der Waals surface area contributed by atoms with Gasteiger partial charge in [-0.1, -0.05) is 24.3 Å². The van der Waals surface area contributed by atoms with Crippen molar-refractivity contribution in [1.29, 1.82) is 0 Å². The van der Waals surface area contributed by atoms with Crippen LogP contribution >= 0.6 is 0 Å². The average molecular weight is 205 g/mol. The SMILES string of the molecule is c1cc2ccc1CNCCNCCNC2. The molecule has 0 aromatic heterocycles. The molecule has 2 aliphatic rings. The Morgan fingerprint density at radius 2 is 1.00 bits per heavy atom. The molecule has 0 fully saturated rings. The smallest absolute Gasteiger partial charge is 0.0206 e. The molecular formula is C12H19N3. The quantitative estimate of drug-likeness (QED) is 0.539. The fourth-order valence-electron chi connectivity index (χ4n) is 1.72. The highest BCUT2D eigenvalue weighted by atomic mass is 15.0. The third-order valence-electron chi connectivity index (χ3n) is 2.64. The van der Waals surface area contributed by atoms with E-state index in [9.17, 15) is 0 Å². The predicted octanol–water partition coefficient (Wildman–Crippen LogP) is 0.469. The molecule has 2 heterocycles. The summed E-state index contributed by atoms with van der Waals surface area (Å²) in [6.07, 6.45) is 0. The molecule has 0 saturated carbocycles.